The van der Waals surface area contributed by atoms with Crippen molar-refractivity contribution in [2.24, 2.45) is 11.3 Å². The maximum absolute atomic E-state index is 10.4. The molecule has 0 amide bonds. The van der Waals surface area contributed by atoms with Crippen molar-refractivity contribution in [3.05, 3.63) is 35.9 Å². The highest BCUT2D eigenvalue weighted by Gasteiger charge is 2.36. The van der Waals surface area contributed by atoms with E-state index in [1.54, 1.807) is 0 Å². The van der Waals surface area contributed by atoms with Gasteiger partial charge in [-0.3, -0.25) is 0 Å². The zero-order valence-corrected chi connectivity index (χ0v) is 14.0. The summed E-state index contributed by atoms with van der Waals surface area (Å²) in [5.41, 5.74) is 1.72. The highest BCUT2D eigenvalue weighted by atomic mass is 16.3. The zero-order chi connectivity index (χ0) is 15.5. The van der Waals surface area contributed by atoms with Crippen LogP contribution in [0.15, 0.2) is 30.3 Å². The van der Waals surface area contributed by atoms with Crippen LogP contribution in [0, 0.1) is 11.3 Å². The predicted molar refractivity (Wildman–Crippen MR) is 89.4 cm³/mol. The van der Waals surface area contributed by atoms with E-state index in [1.165, 1.54) is 5.56 Å². The molecule has 3 unspecified atom stereocenters. The summed E-state index contributed by atoms with van der Waals surface area (Å²) in [5.74, 6) is 0.713. The van der Waals surface area contributed by atoms with Crippen molar-refractivity contribution < 1.29 is 5.11 Å². The van der Waals surface area contributed by atoms with Gasteiger partial charge in [0.25, 0.3) is 0 Å². The molecule has 1 aromatic rings. The van der Waals surface area contributed by atoms with E-state index in [0.717, 1.165) is 32.2 Å². The van der Waals surface area contributed by atoms with Gasteiger partial charge in [-0.05, 0) is 49.6 Å². The number of aliphatic hydroxyl groups excluding tert-OH is 1. The van der Waals surface area contributed by atoms with Crippen LogP contribution in [0.2, 0.25) is 0 Å². The number of nitrogens with zero attached hydrogens (tertiary/aromatic N) is 1. The number of hydrogen-bond acceptors (Lipinski definition) is 2. The van der Waals surface area contributed by atoms with E-state index in [0.29, 0.717) is 17.4 Å². The van der Waals surface area contributed by atoms with Gasteiger partial charge in [0.1, 0.15) is 0 Å². The molecule has 0 heterocycles. The third-order valence-electron chi connectivity index (χ3n) is 5.17. The van der Waals surface area contributed by atoms with E-state index in [9.17, 15) is 5.11 Å². The minimum Gasteiger partial charge on any atom is -0.391 e. The van der Waals surface area contributed by atoms with Gasteiger partial charge in [0.2, 0.25) is 0 Å². The Labute approximate surface area is 130 Å². The van der Waals surface area contributed by atoms with Gasteiger partial charge in [-0.25, -0.2) is 0 Å². The lowest BCUT2D eigenvalue weighted by molar-refractivity contribution is -0.00713. The van der Waals surface area contributed by atoms with Crippen molar-refractivity contribution >= 4 is 0 Å². The first kappa shape index (κ1) is 16.5. The highest BCUT2D eigenvalue weighted by Crippen LogP contribution is 2.39. The second-order valence-electron chi connectivity index (χ2n) is 7.73. The van der Waals surface area contributed by atoms with Crippen molar-refractivity contribution in [3.63, 3.8) is 0 Å². The fourth-order valence-electron chi connectivity index (χ4n) is 3.51. The predicted octanol–water partition coefficient (Wildman–Crippen LogP) is 3.74. The molecule has 0 aliphatic heterocycles. The molecule has 2 rings (SSSR count). The van der Waals surface area contributed by atoms with Gasteiger partial charge in [-0.15, -0.1) is 0 Å². The van der Waals surface area contributed by atoms with E-state index >= 15 is 0 Å². The van der Waals surface area contributed by atoms with Crippen LogP contribution in [0.3, 0.4) is 0 Å². The molecule has 0 bridgehead atoms. The second kappa shape index (κ2) is 6.93. The summed E-state index contributed by atoms with van der Waals surface area (Å²) in [6.45, 7) is 8.01. The number of rotatable bonds is 4. The third kappa shape index (κ3) is 4.55. The van der Waals surface area contributed by atoms with Gasteiger partial charge in [0.15, 0.2) is 0 Å². The van der Waals surface area contributed by atoms with Crippen LogP contribution in [0.4, 0.5) is 0 Å². The van der Waals surface area contributed by atoms with Crippen LogP contribution in [0.1, 0.15) is 45.6 Å². The van der Waals surface area contributed by atoms with E-state index in [2.05, 4.69) is 63.1 Å². The van der Waals surface area contributed by atoms with Gasteiger partial charge >= 0.3 is 0 Å². The molecule has 1 aliphatic carbocycles. The van der Waals surface area contributed by atoms with E-state index in [4.69, 9.17) is 0 Å². The Bertz CT molecular complexity index is 423. The first-order chi connectivity index (χ1) is 9.88. The third-order valence-corrected chi connectivity index (χ3v) is 5.17. The van der Waals surface area contributed by atoms with Crippen LogP contribution < -0.4 is 0 Å². The van der Waals surface area contributed by atoms with Gasteiger partial charge in [0.05, 0.1) is 6.10 Å². The Morgan fingerprint density at radius 2 is 1.81 bits per heavy atom. The Balaban J connectivity index is 1.92. The lowest BCUT2D eigenvalue weighted by atomic mass is 9.70. The number of hydrogen-bond donors (Lipinski definition) is 1. The number of likely N-dealkylation sites (N-methyl/N-ethyl adjacent to an activating group) is 1. The minimum absolute atomic E-state index is 0.163. The average molecular weight is 289 g/mol. The van der Waals surface area contributed by atoms with Crippen LogP contribution in [-0.4, -0.2) is 35.7 Å². The van der Waals surface area contributed by atoms with Crippen LogP contribution in [-0.2, 0) is 6.42 Å². The van der Waals surface area contributed by atoms with Crippen molar-refractivity contribution in [2.45, 2.75) is 58.6 Å². The summed E-state index contributed by atoms with van der Waals surface area (Å²) in [7, 11) is 2.17. The van der Waals surface area contributed by atoms with Crippen LogP contribution in [0.25, 0.3) is 0 Å². The Morgan fingerprint density at radius 1 is 1.14 bits per heavy atom. The van der Waals surface area contributed by atoms with E-state index in [1.807, 2.05) is 0 Å². The van der Waals surface area contributed by atoms with Crippen LogP contribution in [0.5, 0.6) is 0 Å². The second-order valence-corrected chi connectivity index (χ2v) is 7.73. The van der Waals surface area contributed by atoms with Crippen molar-refractivity contribution in [2.75, 3.05) is 13.6 Å². The summed E-state index contributed by atoms with van der Waals surface area (Å²) in [6.07, 6.45) is 4.12. The topological polar surface area (TPSA) is 23.5 Å². The summed E-state index contributed by atoms with van der Waals surface area (Å²) < 4.78 is 0. The lowest BCUT2D eigenvalue weighted by Crippen LogP contribution is -2.48. The van der Waals surface area contributed by atoms with Crippen molar-refractivity contribution in [3.8, 4) is 0 Å². The SMILES string of the molecule is CN(CCc1ccccc1)C1CC(C(C)(C)C)CCC1O. The fourth-order valence-corrected chi connectivity index (χ4v) is 3.51. The zero-order valence-electron chi connectivity index (χ0n) is 14.0. The van der Waals surface area contributed by atoms with Gasteiger partial charge in [-0.1, -0.05) is 51.1 Å². The standard InChI is InChI=1S/C19H31NO/c1-19(2,3)16-10-11-18(21)17(14-16)20(4)13-12-15-8-6-5-7-9-15/h5-9,16-18,21H,10-14H2,1-4H3. The summed E-state index contributed by atoms with van der Waals surface area (Å²) in [6, 6.07) is 10.9. The lowest BCUT2D eigenvalue weighted by Gasteiger charge is -2.43. The maximum atomic E-state index is 10.4. The molecule has 0 aromatic heterocycles. The average Bonchev–Trinajstić information content (AvgIpc) is 2.45. The molecule has 0 spiro atoms. The molecular formula is C19H31NO. The molecule has 0 saturated heterocycles. The Morgan fingerprint density at radius 3 is 2.43 bits per heavy atom. The molecule has 2 heteroatoms. The Kier molecular flexibility index (Phi) is 5.45. The highest BCUT2D eigenvalue weighted by molar-refractivity contribution is 5.14. The largest absolute Gasteiger partial charge is 0.391 e. The summed E-state index contributed by atoms with van der Waals surface area (Å²) in [4.78, 5) is 2.37. The molecule has 1 aliphatic rings. The molecular weight excluding hydrogens is 258 g/mol. The van der Waals surface area contributed by atoms with Crippen molar-refractivity contribution in [1.29, 1.82) is 0 Å². The van der Waals surface area contributed by atoms with Crippen LogP contribution >= 0.6 is 0 Å². The van der Waals surface area contributed by atoms with E-state index in [-0.39, 0.29) is 6.10 Å². The summed E-state index contributed by atoms with van der Waals surface area (Å²) in [5, 5.41) is 10.4. The quantitative estimate of drug-likeness (QED) is 0.913. The minimum atomic E-state index is -0.163. The molecule has 3 atom stereocenters. The van der Waals surface area contributed by atoms with Gasteiger partial charge in [0, 0.05) is 12.6 Å². The molecule has 2 nitrogen and oxygen atoms in total. The normalized spacial score (nSPS) is 27.0. The monoisotopic (exact) mass is 289 g/mol. The van der Waals surface area contributed by atoms with E-state index < -0.39 is 0 Å². The number of benzene rings is 1. The Hall–Kier alpha value is -0.860. The number of aliphatic hydroxyl groups is 1. The smallest absolute Gasteiger partial charge is 0.0695 e. The first-order valence-corrected chi connectivity index (χ1v) is 8.30. The summed E-state index contributed by atoms with van der Waals surface area (Å²) >= 11 is 0. The molecule has 21 heavy (non-hydrogen) atoms. The molecule has 1 saturated carbocycles. The van der Waals surface area contributed by atoms with Gasteiger partial charge < -0.3 is 10.0 Å². The van der Waals surface area contributed by atoms with Crippen molar-refractivity contribution in [1.82, 2.24) is 4.90 Å². The first-order valence-electron chi connectivity index (χ1n) is 8.30. The molecule has 1 N–H and O–H groups in total. The molecule has 1 fully saturated rings. The maximum Gasteiger partial charge on any atom is 0.0695 e. The molecule has 1 aromatic carbocycles. The van der Waals surface area contributed by atoms with Gasteiger partial charge in [-0.2, -0.15) is 0 Å². The molecule has 0 radical (unpaired) electrons. The fraction of sp³-hybridized carbons (Fsp3) is 0.684. The molecule has 118 valence electrons.